The quantitative estimate of drug-likeness (QED) is 0.303. The van der Waals surface area contributed by atoms with Crippen LogP contribution in [-0.4, -0.2) is 52.0 Å². The predicted octanol–water partition coefficient (Wildman–Crippen LogP) is 1.62. The zero-order valence-electron chi connectivity index (χ0n) is 12.3. The molecule has 2 N–H and O–H groups in total. The van der Waals surface area contributed by atoms with Crippen LogP contribution in [-0.2, 0) is 9.47 Å². The molecule has 0 spiro atoms. The van der Waals surface area contributed by atoms with E-state index in [0.29, 0.717) is 12.0 Å². The molecule has 1 rings (SSSR count). The van der Waals surface area contributed by atoms with Crippen molar-refractivity contribution in [3.8, 4) is 0 Å². The summed E-state index contributed by atoms with van der Waals surface area (Å²) in [6, 6.07) is 0. The highest BCUT2D eigenvalue weighted by atomic mass is 127. The molecule has 0 radical (unpaired) electrons. The molecule has 0 bridgehead atoms. The lowest BCUT2D eigenvalue weighted by Gasteiger charge is -2.14. The highest BCUT2D eigenvalue weighted by Crippen LogP contribution is 2.07. The number of hydrogen-bond donors (Lipinski definition) is 2. The van der Waals surface area contributed by atoms with Gasteiger partial charge < -0.3 is 20.1 Å². The average molecular weight is 385 g/mol. The van der Waals surface area contributed by atoms with Crippen LogP contribution in [0.15, 0.2) is 4.99 Å². The maximum Gasteiger partial charge on any atom is 0.190 e. The fraction of sp³-hybridized carbons (Fsp3) is 0.923. The van der Waals surface area contributed by atoms with Crippen LogP contribution < -0.4 is 10.6 Å². The molecule has 6 heteroatoms. The second-order valence-electron chi connectivity index (χ2n) is 4.98. The summed E-state index contributed by atoms with van der Waals surface area (Å²) in [5, 5.41) is 6.56. The van der Waals surface area contributed by atoms with Gasteiger partial charge in [-0.2, -0.15) is 0 Å². The lowest BCUT2D eigenvalue weighted by Crippen LogP contribution is -2.39. The summed E-state index contributed by atoms with van der Waals surface area (Å²) in [6.45, 7) is 8.55. The molecule has 1 unspecified atom stereocenters. The first-order valence-corrected chi connectivity index (χ1v) is 6.86. The van der Waals surface area contributed by atoms with Gasteiger partial charge in [-0.05, 0) is 18.8 Å². The van der Waals surface area contributed by atoms with Crippen molar-refractivity contribution in [2.75, 3.05) is 40.0 Å². The molecule has 5 nitrogen and oxygen atoms in total. The van der Waals surface area contributed by atoms with Crippen LogP contribution in [0.3, 0.4) is 0 Å². The first-order valence-electron chi connectivity index (χ1n) is 6.86. The van der Waals surface area contributed by atoms with E-state index in [-0.39, 0.29) is 24.0 Å². The van der Waals surface area contributed by atoms with Crippen LogP contribution in [0.1, 0.15) is 26.7 Å². The standard InChI is InChI=1S/C13H27N3O2.HI/c1-11(2)9-16-13(14-3)15-6-4-7-18-12-5-8-17-10-12;/h11-12H,4-10H2,1-3H3,(H2,14,15,16);1H. The predicted molar refractivity (Wildman–Crippen MR) is 89.4 cm³/mol. The second-order valence-corrected chi connectivity index (χ2v) is 4.98. The molecule has 0 aromatic carbocycles. The fourth-order valence-corrected chi connectivity index (χ4v) is 1.69. The Morgan fingerprint density at radius 2 is 2.21 bits per heavy atom. The lowest BCUT2D eigenvalue weighted by molar-refractivity contribution is 0.0420. The van der Waals surface area contributed by atoms with Crippen LogP contribution in [0, 0.1) is 5.92 Å². The van der Waals surface area contributed by atoms with Gasteiger partial charge >= 0.3 is 0 Å². The molecule has 0 saturated carbocycles. The van der Waals surface area contributed by atoms with E-state index in [1.807, 2.05) is 0 Å². The largest absolute Gasteiger partial charge is 0.379 e. The van der Waals surface area contributed by atoms with Crippen molar-refractivity contribution in [1.29, 1.82) is 0 Å². The number of aliphatic imine (C=N–C) groups is 1. The van der Waals surface area contributed by atoms with E-state index in [4.69, 9.17) is 9.47 Å². The Bertz CT molecular complexity index is 244. The highest BCUT2D eigenvalue weighted by Gasteiger charge is 2.15. The number of rotatable bonds is 7. The van der Waals surface area contributed by atoms with Gasteiger partial charge in [0.25, 0.3) is 0 Å². The molecule has 0 amide bonds. The fourth-order valence-electron chi connectivity index (χ4n) is 1.69. The Morgan fingerprint density at radius 1 is 1.42 bits per heavy atom. The minimum Gasteiger partial charge on any atom is -0.379 e. The smallest absolute Gasteiger partial charge is 0.190 e. The Morgan fingerprint density at radius 3 is 2.79 bits per heavy atom. The molecular weight excluding hydrogens is 357 g/mol. The molecule has 1 fully saturated rings. The molecule has 19 heavy (non-hydrogen) atoms. The zero-order valence-corrected chi connectivity index (χ0v) is 14.6. The molecule has 1 atom stereocenters. The van der Waals surface area contributed by atoms with Crippen molar-refractivity contribution in [2.24, 2.45) is 10.9 Å². The summed E-state index contributed by atoms with van der Waals surface area (Å²) < 4.78 is 10.9. The number of nitrogens with one attached hydrogen (secondary N) is 2. The minimum absolute atomic E-state index is 0. The molecule has 1 aliphatic heterocycles. The van der Waals surface area contributed by atoms with Gasteiger partial charge in [-0.3, -0.25) is 4.99 Å². The van der Waals surface area contributed by atoms with Crippen LogP contribution in [0.5, 0.6) is 0 Å². The van der Waals surface area contributed by atoms with E-state index in [9.17, 15) is 0 Å². The topological polar surface area (TPSA) is 54.9 Å². The summed E-state index contributed by atoms with van der Waals surface area (Å²) in [6.07, 6.45) is 2.33. The van der Waals surface area contributed by atoms with E-state index in [2.05, 4.69) is 29.5 Å². The van der Waals surface area contributed by atoms with Crippen LogP contribution >= 0.6 is 24.0 Å². The minimum atomic E-state index is 0. The summed E-state index contributed by atoms with van der Waals surface area (Å²) in [7, 11) is 1.79. The van der Waals surface area contributed by atoms with Crippen molar-refractivity contribution in [1.82, 2.24) is 10.6 Å². The van der Waals surface area contributed by atoms with Gasteiger partial charge in [0.05, 0.1) is 12.7 Å². The number of nitrogens with zero attached hydrogens (tertiary/aromatic N) is 1. The number of halogens is 1. The number of guanidine groups is 1. The molecular formula is C13H28IN3O2. The maximum atomic E-state index is 5.69. The monoisotopic (exact) mass is 385 g/mol. The van der Waals surface area contributed by atoms with Crippen molar-refractivity contribution < 1.29 is 9.47 Å². The molecule has 114 valence electrons. The first-order chi connectivity index (χ1) is 8.72. The van der Waals surface area contributed by atoms with Gasteiger partial charge in [0.1, 0.15) is 0 Å². The molecule has 1 aliphatic rings. The zero-order chi connectivity index (χ0) is 13.2. The third kappa shape index (κ3) is 9.45. The maximum absolute atomic E-state index is 5.69. The highest BCUT2D eigenvalue weighted by molar-refractivity contribution is 14.0. The van der Waals surface area contributed by atoms with Crippen molar-refractivity contribution in [3.63, 3.8) is 0 Å². The summed E-state index contributed by atoms with van der Waals surface area (Å²) in [4.78, 5) is 4.17. The average Bonchev–Trinajstić information content (AvgIpc) is 2.85. The van der Waals surface area contributed by atoms with Gasteiger partial charge in [-0.15, -0.1) is 24.0 Å². The van der Waals surface area contributed by atoms with Crippen LogP contribution in [0.4, 0.5) is 0 Å². The molecule has 0 aliphatic carbocycles. The number of ether oxygens (including phenoxy) is 2. The molecule has 1 saturated heterocycles. The van der Waals surface area contributed by atoms with Gasteiger partial charge in [-0.25, -0.2) is 0 Å². The lowest BCUT2D eigenvalue weighted by atomic mass is 10.2. The Labute approximate surface area is 133 Å². The van der Waals surface area contributed by atoms with Crippen LogP contribution in [0.2, 0.25) is 0 Å². The van der Waals surface area contributed by atoms with E-state index in [0.717, 1.165) is 51.7 Å². The van der Waals surface area contributed by atoms with Gasteiger partial charge in [-0.1, -0.05) is 13.8 Å². The normalized spacial score (nSPS) is 19.4. The second kappa shape index (κ2) is 11.7. The summed E-state index contributed by atoms with van der Waals surface area (Å²) in [5.74, 6) is 1.49. The Hall–Kier alpha value is -0.0800. The van der Waals surface area contributed by atoms with Crippen LogP contribution in [0.25, 0.3) is 0 Å². The Kier molecular flexibility index (Phi) is 11.7. The van der Waals surface area contributed by atoms with E-state index in [1.54, 1.807) is 7.05 Å². The molecule has 0 aromatic rings. The first kappa shape index (κ1) is 18.9. The van der Waals surface area contributed by atoms with Crippen molar-refractivity contribution in [2.45, 2.75) is 32.8 Å². The summed E-state index contributed by atoms with van der Waals surface area (Å²) in [5.41, 5.74) is 0. The number of hydrogen-bond acceptors (Lipinski definition) is 3. The third-order valence-corrected chi connectivity index (χ3v) is 2.76. The van der Waals surface area contributed by atoms with Gasteiger partial charge in [0.2, 0.25) is 0 Å². The van der Waals surface area contributed by atoms with Gasteiger partial charge in [0.15, 0.2) is 5.96 Å². The molecule has 1 heterocycles. The third-order valence-electron chi connectivity index (χ3n) is 2.76. The van der Waals surface area contributed by atoms with E-state index in [1.165, 1.54) is 0 Å². The van der Waals surface area contributed by atoms with Crippen molar-refractivity contribution >= 4 is 29.9 Å². The van der Waals surface area contributed by atoms with Gasteiger partial charge in [0, 0.05) is 33.4 Å². The van der Waals surface area contributed by atoms with E-state index >= 15 is 0 Å². The molecule has 0 aromatic heterocycles. The Balaban J connectivity index is 0.00000324. The van der Waals surface area contributed by atoms with Crippen molar-refractivity contribution in [3.05, 3.63) is 0 Å². The summed E-state index contributed by atoms with van der Waals surface area (Å²) >= 11 is 0. The van der Waals surface area contributed by atoms with E-state index < -0.39 is 0 Å². The SMILES string of the molecule is CN=C(NCCCOC1CCOC1)NCC(C)C.I.